The van der Waals surface area contributed by atoms with Crippen molar-refractivity contribution in [1.29, 1.82) is 0 Å². The molecule has 0 saturated carbocycles. The SMILES string of the molecule is CCC(C)SCc1noc(-c2cccc(F)c2N)n1. The van der Waals surface area contributed by atoms with Gasteiger partial charge in [0.25, 0.3) is 5.89 Å². The summed E-state index contributed by atoms with van der Waals surface area (Å²) in [5.41, 5.74) is 6.13. The van der Waals surface area contributed by atoms with E-state index in [0.29, 0.717) is 22.4 Å². The lowest BCUT2D eigenvalue weighted by atomic mass is 10.2. The van der Waals surface area contributed by atoms with Crippen LogP contribution in [0.1, 0.15) is 26.1 Å². The van der Waals surface area contributed by atoms with Gasteiger partial charge in [0.1, 0.15) is 5.82 Å². The third-order valence-corrected chi connectivity index (χ3v) is 4.15. The van der Waals surface area contributed by atoms with Crippen molar-refractivity contribution >= 4 is 17.4 Å². The molecule has 1 heterocycles. The molecule has 2 aromatic rings. The van der Waals surface area contributed by atoms with E-state index in [2.05, 4.69) is 24.0 Å². The molecule has 2 N–H and O–H groups in total. The van der Waals surface area contributed by atoms with Crippen molar-refractivity contribution in [2.45, 2.75) is 31.3 Å². The van der Waals surface area contributed by atoms with Gasteiger partial charge in [0.2, 0.25) is 0 Å². The van der Waals surface area contributed by atoms with Crippen LogP contribution in [0.5, 0.6) is 0 Å². The number of nitrogens with two attached hydrogens (primary N) is 1. The molecule has 1 atom stereocenters. The number of anilines is 1. The van der Waals surface area contributed by atoms with Crippen LogP contribution in [0.4, 0.5) is 10.1 Å². The van der Waals surface area contributed by atoms with Crippen LogP contribution < -0.4 is 5.73 Å². The maximum atomic E-state index is 13.4. The fourth-order valence-electron chi connectivity index (χ4n) is 1.48. The van der Waals surface area contributed by atoms with Gasteiger partial charge in [0.05, 0.1) is 17.0 Å². The van der Waals surface area contributed by atoms with Gasteiger partial charge < -0.3 is 10.3 Å². The lowest BCUT2D eigenvalue weighted by Gasteiger charge is -2.04. The Morgan fingerprint density at radius 1 is 1.47 bits per heavy atom. The van der Waals surface area contributed by atoms with Crippen molar-refractivity contribution < 1.29 is 8.91 Å². The van der Waals surface area contributed by atoms with Gasteiger partial charge in [0, 0.05) is 5.25 Å². The molecule has 0 aliphatic rings. The Hall–Kier alpha value is -1.56. The molecule has 0 radical (unpaired) electrons. The van der Waals surface area contributed by atoms with E-state index in [9.17, 15) is 4.39 Å². The van der Waals surface area contributed by atoms with Crippen LogP contribution in [-0.4, -0.2) is 15.4 Å². The summed E-state index contributed by atoms with van der Waals surface area (Å²) in [5.74, 6) is 1.06. The van der Waals surface area contributed by atoms with E-state index in [-0.39, 0.29) is 11.6 Å². The summed E-state index contributed by atoms with van der Waals surface area (Å²) in [6, 6.07) is 4.53. The Kier molecular flexibility index (Phi) is 4.42. The Balaban J connectivity index is 2.14. The molecule has 19 heavy (non-hydrogen) atoms. The van der Waals surface area contributed by atoms with Gasteiger partial charge in [-0.15, -0.1) is 0 Å². The zero-order valence-electron chi connectivity index (χ0n) is 10.9. The van der Waals surface area contributed by atoms with E-state index < -0.39 is 5.82 Å². The molecule has 2 rings (SSSR count). The van der Waals surface area contributed by atoms with Crippen LogP contribution in [0.2, 0.25) is 0 Å². The molecule has 1 unspecified atom stereocenters. The first-order valence-corrected chi connectivity index (χ1v) is 7.15. The van der Waals surface area contributed by atoms with E-state index in [0.717, 1.165) is 6.42 Å². The molecular formula is C13H16FN3OS. The van der Waals surface area contributed by atoms with Crippen LogP contribution in [-0.2, 0) is 5.75 Å². The first-order chi connectivity index (χ1) is 9.11. The molecule has 0 saturated heterocycles. The maximum absolute atomic E-state index is 13.4. The number of aromatic nitrogens is 2. The Bertz CT molecular complexity index is 559. The highest BCUT2D eigenvalue weighted by atomic mass is 32.2. The molecular weight excluding hydrogens is 265 g/mol. The molecule has 0 aliphatic carbocycles. The molecule has 0 spiro atoms. The lowest BCUT2D eigenvalue weighted by Crippen LogP contribution is -1.96. The summed E-state index contributed by atoms with van der Waals surface area (Å²) in [6.07, 6.45) is 1.09. The van der Waals surface area contributed by atoms with E-state index >= 15 is 0 Å². The van der Waals surface area contributed by atoms with Crippen LogP contribution in [0, 0.1) is 5.82 Å². The van der Waals surface area contributed by atoms with Gasteiger partial charge in [-0.05, 0) is 18.6 Å². The van der Waals surface area contributed by atoms with Gasteiger partial charge in [-0.25, -0.2) is 4.39 Å². The number of benzene rings is 1. The minimum atomic E-state index is -0.480. The van der Waals surface area contributed by atoms with Crippen LogP contribution >= 0.6 is 11.8 Å². The average Bonchev–Trinajstić information content (AvgIpc) is 2.87. The first-order valence-electron chi connectivity index (χ1n) is 6.10. The highest BCUT2D eigenvalue weighted by Crippen LogP contribution is 2.27. The molecule has 0 amide bonds. The Morgan fingerprint density at radius 2 is 2.26 bits per heavy atom. The van der Waals surface area contributed by atoms with Crippen molar-refractivity contribution in [2.24, 2.45) is 0 Å². The number of nitrogens with zero attached hydrogens (tertiary/aromatic N) is 2. The minimum Gasteiger partial charge on any atom is -0.396 e. The lowest BCUT2D eigenvalue weighted by molar-refractivity contribution is 0.425. The first kappa shape index (κ1) is 13.9. The molecule has 1 aromatic carbocycles. The molecule has 102 valence electrons. The Labute approximate surface area is 115 Å². The van der Waals surface area contributed by atoms with Gasteiger partial charge in [-0.3, -0.25) is 0 Å². The van der Waals surface area contributed by atoms with E-state index in [1.54, 1.807) is 23.9 Å². The van der Waals surface area contributed by atoms with Crippen LogP contribution in [0.3, 0.4) is 0 Å². The van der Waals surface area contributed by atoms with Crippen LogP contribution in [0.25, 0.3) is 11.5 Å². The summed E-state index contributed by atoms with van der Waals surface area (Å²) in [6.45, 7) is 4.28. The maximum Gasteiger partial charge on any atom is 0.260 e. The molecule has 0 aliphatic heterocycles. The number of hydrogen-bond donors (Lipinski definition) is 1. The van der Waals surface area contributed by atoms with E-state index in [1.165, 1.54) is 6.07 Å². The number of para-hydroxylation sites is 1. The quantitative estimate of drug-likeness (QED) is 0.850. The summed E-state index contributed by atoms with van der Waals surface area (Å²) < 4.78 is 18.5. The second-order valence-electron chi connectivity index (χ2n) is 4.25. The smallest absolute Gasteiger partial charge is 0.260 e. The number of rotatable bonds is 5. The van der Waals surface area contributed by atoms with Gasteiger partial charge in [0.15, 0.2) is 5.82 Å². The third kappa shape index (κ3) is 3.26. The van der Waals surface area contributed by atoms with Crippen molar-refractivity contribution in [3.05, 3.63) is 29.8 Å². The predicted octanol–water partition coefficient (Wildman–Crippen LogP) is 3.49. The Morgan fingerprint density at radius 3 is 3.00 bits per heavy atom. The molecule has 4 nitrogen and oxygen atoms in total. The standard InChI is InChI=1S/C13H16FN3OS/c1-3-8(2)19-7-11-16-13(18-17-11)9-5-4-6-10(14)12(9)15/h4-6,8H,3,7,15H2,1-2H3. The van der Waals surface area contributed by atoms with E-state index in [1.807, 2.05) is 0 Å². The molecule has 1 aromatic heterocycles. The van der Waals surface area contributed by atoms with Gasteiger partial charge in [-0.1, -0.05) is 25.1 Å². The van der Waals surface area contributed by atoms with Crippen molar-refractivity contribution in [3.63, 3.8) is 0 Å². The van der Waals surface area contributed by atoms with Crippen molar-refractivity contribution in [3.8, 4) is 11.5 Å². The van der Waals surface area contributed by atoms with E-state index in [4.69, 9.17) is 10.3 Å². The van der Waals surface area contributed by atoms with Crippen molar-refractivity contribution in [1.82, 2.24) is 10.1 Å². The fourth-order valence-corrected chi connectivity index (χ4v) is 2.27. The zero-order chi connectivity index (χ0) is 13.8. The monoisotopic (exact) mass is 281 g/mol. The minimum absolute atomic E-state index is 0.0345. The number of hydrogen-bond acceptors (Lipinski definition) is 5. The molecule has 0 bridgehead atoms. The number of halogens is 1. The number of thioether (sulfide) groups is 1. The third-order valence-electron chi connectivity index (χ3n) is 2.82. The molecule has 6 heteroatoms. The predicted molar refractivity (Wildman–Crippen MR) is 75.2 cm³/mol. The van der Waals surface area contributed by atoms with Gasteiger partial charge >= 0.3 is 0 Å². The molecule has 0 fully saturated rings. The summed E-state index contributed by atoms with van der Waals surface area (Å²) in [5, 5.41) is 4.43. The number of nitrogen functional groups attached to an aromatic ring is 1. The zero-order valence-corrected chi connectivity index (χ0v) is 11.7. The second kappa shape index (κ2) is 6.06. The second-order valence-corrected chi connectivity index (χ2v) is 5.67. The highest BCUT2D eigenvalue weighted by Gasteiger charge is 2.14. The van der Waals surface area contributed by atoms with Gasteiger partial charge in [-0.2, -0.15) is 16.7 Å². The average molecular weight is 281 g/mol. The highest BCUT2D eigenvalue weighted by molar-refractivity contribution is 7.99. The largest absolute Gasteiger partial charge is 0.396 e. The summed E-state index contributed by atoms with van der Waals surface area (Å²) >= 11 is 1.76. The summed E-state index contributed by atoms with van der Waals surface area (Å²) in [7, 11) is 0. The normalized spacial score (nSPS) is 12.6. The topological polar surface area (TPSA) is 64.9 Å². The summed E-state index contributed by atoms with van der Waals surface area (Å²) in [4.78, 5) is 4.24. The van der Waals surface area contributed by atoms with Crippen molar-refractivity contribution in [2.75, 3.05) is 5.73 Å². The fraction of sp³-hybridized carbons (Fsp3) is 0.385. The van der Waals surface area contributed by atoms with Crippen LogP contribution in [0.15, 0.2) is 22.7 Å².